The van der Waals surface area contributed by atoms with Crippen LogP contribution in [0.1, 0.15) is 12.5 Å². The number of benzene rings is 1. The number of carbonyl (C=O) groups excluding carboxylic acids is 1. The Balaban J connectivity index is 3.06. The van der Waals surface area contributed by atoms with Gasteiger partial charge in [0.05, 0.1) is 0 Å². The number of halogens is 2. The van der Waals surface area contributed by atoms with Gasteiger partial charge in [-0.3, -0.25) is 4.79 Å². The standard InChI is InChI=1S/C9H7F2O/c1-7(12)9(10,11)8-5-3-2-4-6-8/h3-6H,1H3. The Hall–Kier alpha value is -1.25. The summed E-state index contributed by atoms with van der Waals surface area (Å²) in [4.78, 5) is 10.5. The molecule has 0 amide bonds. The molecule has 0 bridgehead atoms. The molecule has 1 nitrogen and oxygen atoms in total. The number of rotatable bonds is 2. The van der Waals surface area contributed by atoms with Crippen molar-refractivity contribution >= 4 is 5.78 Å². The van der Waals surface area contributed by atoms with Gasteiger partial charge in [-0.15, -0.1) is 0 Å². The van der Waals surface area contributed by atoms with E-state index in [1.54, 1.807) is 0 Å². The Bertz CT molecular complexity index is 280. The first-order valence-electron chi connectivity index (χ1n) is 3.40. The largest absolute Gasteiger partial charge is 0.330 e. The zero-order valence-corrected chi connectivity index (χ0v) is 6.47. The third-order valence-corrected chi connectivity index (χ3v) is 1.52. The number of Topliss-reactive ketones (excluding diaryl/α,β-unsaturated/α-hetero) is 1. The quantitative estimate of drug-likeness (QED) is 0.663. The second-order valence-corrected chi connectivity index (χ2v) is 2.42. The molecule has 1 aromatic carbocycles. The van der Waals surface area contributed by atoms with Crippen molar-refractivity contribution in [2.45, 2.75) is 12.8 Å². The molecule has 0 unspecified atom stereocenters. The van der Waals surface area contributed by atoms with E-state index in [1.165, 1.54) is 24.3 Å². The molecule has 3 heteroatoms. The molecule has 0 aliphatic heterocycles. The average Bonchev–Trinajstić information content (AvgIpc) is 2.06. The van der Waals surface area contributed by atoms with Gasteiger partial charge in [-0.1, -0.05) is 24.3 Å². The van der Waals surface area contributed by atoms with Crippen molar-refractivity contribution in [2.24, 2.45) is 0 Å². The van der Waals surface area contributed by atoms with Gasteiger partial charge in [0.2, 0.25) is 5.78 Å². The number of ketones is 1. The van der Waals surface area contributed by atoms with Gasteiger partial charge in [-0.05, 0) is 6.07 Å². The maximum atomic E-state index is 12.9. The van der Waals surface area contributed by atoms with Crippen molar-refractivity contribution in [1.29, 1.82) is 0 Å². The third kappa shape index (κ3) is 1.49. The molecule has 0 fully saturated rings. The van der Waals surface area contributed by atoms with Gasteiger partial charge < -0.3 is 0 Å². The van der Waals surface area contributed by atoms with Crippen LogP contribution in [0, 0.1) is 6.07 Å². The minimum Gasteiger partial charge on any atom is -0.293 e. The molecule has 0 atom stereocenters. The average molecular weight is 169 g/mol. The van der Waals surface area contributed by atoms with Crippen LogP contribution >= 0.6 is 0 Å². The second kappa shape index (κ2) is 3.01. The molecule has 63 valence electrons. The second-order valence-electron chi connectivity index (χ2n) is 2.42. The van der Waals surface area contributed by atoms with Gasteiger partial charge in [0, 0.05) is 12.5 Å². The summed E-state index contributed by atoms with van der Waals surface area (Å²) in [6, 6.07) is 7.67. The lowest BCUT2D eigenvalue weighted by Crippen LogP contribution is -2.22. The van der Waals surface area contributed by atoms with Crippen LogP contribution in [0.25, 0.3) is 0 Å². The van der Waals surface area contributed by atoms with Crippen LogP contribution < -0.4 is 0 Å². The van der Waals surface area contributed by atoms with Crippen LogP contribution in [-0.4, -0.2) is 5.78 Å². The summed E-state index contributed by atoms with van der Waals surface area (Å²) in [6.45, 7) is 0.872. The molecular weight excluding hydrogens is 162 g/mol. The summed E-state index contributed by atoms with van der Waals surface area (Å²) in [5.41, 5.74) is -0.284. The summed E-state index contributed by atoms with van der Waals surface area (Å²) < 4.78 is 25.8. The Kier molecular flexibility index (Phi) is 2.22. The van der Waals surface area contributed by atoms with Crippen molar-refractivity contribution in [3.63, 3.8) is 0 Å². The molecule has 1 radical (unpaired) electrons. The summed E-state index contributed by atoms with van der Waals surface area (Å²) in [6.07, 6.45) is 0. The van der Waals surface area contributed by atoms with Crippen LogP contribution in [-0.2, 0) is 10.7 Å². The van der Waals surface area contributed by atoms with Crippen molar-refractivity contribution in [3.05, 3.63) is 35.9 Å². The Morgan fingerprint density at radius 3 is 2.33 bits per heavy atom. The van der Waals surface area contributed by atoms with E-state index in [1.807, 2.05) is 0 Å². The lowest BCUT2D eigenvalue weighted by molar-refractivity contribution is -0.141. The van der Waals surface area contributed by atoms with Gasteiger partial charge in [-0.25, -0.2) is 0 Å². The minimum absolute atomic E-state index is 0.284. The highest BCUT2D eigenvalue weighted by molar-refractivity contribution is 5.84. The molecule has 0 aromatic heterocycles. The smallest absolute Gasteiger partial charge is 0.293 e. The van der Waals surface area contributed by atoms with Gasteiger partial charge in [-0.2, -0.15) is 8.78 Å². The lowest BCUT2D eigenvalue weighted by Gasteiger charge is -2.11. The minimum atomic E-state index is -3.37. The SMILES string of the molecule is CC(=O)C(F)(F)c1cc[c]cc1. The fourth-order valence-electron chi connectivity index (χ4n) is 0.799. The van der Waals surface area contributed by atoms with Crippen molar-refractivity contribution in [2.75, 3.05) is 0 Å². The predicted octanol–water partition coefficient (Wildman–Crippen LogP) is 2.17. The van der Waals surface area contributed by atoms with Crippen LogP contribution in [0.5, 0.6) is 0 Å². The molecule has 1 rings (SSSR count). The van der Waals surface area contributed by atoms with E-state index >= 15 is 0 Å². The lowest BCUT2D eigenvalue weighted by atomic mass is 10.1. The topological polar surface area (TPSA) is 17.1 Å². The summed E-state index contributed by atoms with van der Waals surface area (Å²) in [5.74, 6) is -4.51. The van der Waals surface area contributed by atoms with Crippen LogP contribution in [0.2, 0.25) is 0 Å². The third-order valence-electron chi connectivity index (χ3n) is 1.52. The van der Waals surface area contributed by atoms with E-state index < -0.39 is 11.7 Å². The zero-order chi connectivity index (χ0) is 9.19. The highest BCUT2D eigenvalue weighted by Crippen LogP contribution is 2.27. The highest BCUT2D eigenvalue weighted by atomic mass is 19.3. The molecule has 0 N–H and O–H groups in total. The fourth-order valence-corrected chi connectivity index (χ4v) is 0.799. The van der Waals surface area contributed by atoms with Crippen LogP contribution in [0.4, 0.5) is 8.78 Å². The molecule has 0 saturated carbocycles. The summed E-state index contributed by atoms with van der Waals surface area (Å²) >= 11 is 0. The molecular formula is C9H7F2O. The Morgan fingerprint density at radius 1 is 1.42 bits per heavy atom. The van der Waals surface area contributed by atoms with E-state index in [0.29, 0.717) is 0 Å². The van der Waals surface area contributed by atoms with E-state index in [2.05, 4.69) is 6.07 Å². The van der Waals surface area contributed by atoms with Crippen LogP contribution in [0.3, 0.4) is 0 Å². The molecule has 12 heavy (non-hydrogen) atoms. The van der Waals surface area contributed by atoms with E-state index in [4.69, 9.17) is 0 Å². The zero-order valence-electron chi connectivity index (χ0n) is 6.47. The Labute approximate surface area is 69.0 Å². The highest BCUT2D eigenvalue weighted by Gasteiger charge is 2.36. The molecule has 0 aliphatic carbocycles. The predicted molar refractivity (Wildman–Crippen MR) is 39.9 cm³/mol. The monoisotopic (exact) mass is 169 g/mol. The van der Waals surface area contributed by atoms with Crippen molar-refractivity contribution in [3.8, 4) is 0 Å². The first kappa shape index (κ1) is 8.84. The number of alkyl halides is 2. The number of hydrogen-bond donors (Lipinski definition) is 0. The summed E-state index contributed by atoms with van der Waals surface area (Å²) in [5, 5.41) is 0. The van der Waals surface area contributed by atoms with Gasteiger partial charge in [0.15, 0.2) is 0 Å². The van der Waals surface area contributed by atoms with Crippen molar-refractivity contribution < 1.29 is 13.6 Å². The van der Waals surface area contributed by atoms with E-state index in [9.17, 15) is 13.6 Å². The normalized spacial score (nSPS) is 11.2. The van der Waals surface area contributed by atoms with Gasteiger partial charge in [0.25, 0.3) is 0 Å². The Morgan fingerprint density at radius 2 is 1.92 bits per heavy atom. The summed E-state index contributed by atoms with van der Waals surface area (Å²) in [7, 11) is 0. The molecule has 0 aliphatic rings. The number of hydrogen-bond acceptors (Lipinski definition) is 1. The maximum absolute atomic E-state index is 12.9. The maximum Gasteiger partial charge on any atom is 0.330 e. The van der Waals surface area contributed by atoms with E-state index in [-0.39, 0.29) is 5.56 Å². The fraction of sp³-hybridized carbons (Fsp3) is 0.222. The number of carbonyl (C=O) groups is 1. The van der Waals surface area contributed by atoms with E-state index in [0.717, 1.165) is 6.92 Å². The van der Waals surface area contributed by atoms with Crippen molar-refractivity contribution in [1.82, 2.24) is 0 Å². The van der Waals surface area contributed by atoms with Gasteiger partial charge in [0.1, 0.15) is 0 Å². The molecule has 0 saturated heterocycles. The molecule has 0 heterocycles. The first-order chi connectivity index (χ1) is 5.55. The molecule has 0 spiro atoms. The first-order valence-corrected chi connectivity index (χ1v) is 3.40. The molecule has 1 aromatic rings. The van der Waals surface area contributed by atoms with Crippen LogP contribution in [0.15, 0.2) is 24.3 Å². The van der Waals surface area contributed by atoms with Gasteiger partial charge >= 0.3 is 5.92 Å².